The Kier molecular flexibility index (Phi) is 3.95. The molecule has 4 rings (SSSR count). The first kappa shape index (κ1) is 15.2. The molecule has 24 heavy (non-hydrogen) atoms. The van der Waals surface area contributed by atoms with Crippen LogP contribution in [0.2, 0.25) is 0 Å². The molecule has 0 bridgehead atoms. The van der Waals surface area contributed by atoms with Gasteiger partial charge in [0.25, 0.3) is 0 Å². The fourth-order valence-corrected chi connectivity index (χ4v) is 4.11. The van der Waals surface area contributed by atoms with Gasteiger partial charge in [-0.25, -0.2) is 19.3 Å². The Balaban J connectivity index is 1.59. The normalized spacial score (nSPS) is 12.6. The van der Waals surface area contributed by atoms with Gasteiger partial charge in [-0.2, -0.15) is 0 Å². The molecule has 0 amide bonds. The van der Waals surface area contributed by atoms with E-state index in [2.05, 4.69) is 30.1 Å². The highest BCUT2D eigenvalue weighted by molar-refractivity contribution is 7.99. The molecule has 0 aliphatic heterocycles. The predicted octanol–water partition coefficient (Wildman–Crippen LogP) is 3.86. The summed E-state index contributed by atoms with van der Waals surface area (Å²) < 4.78 is 13.4. The van der Waals surface area contributed by atoms with Crippen molar-refractivity contribution in [3.63, 3.8) is 0 Å². The Hall–Kier alpha value is -2.39. The number of aromatic nitrogens is 6. The van der Waals surface area contributed by atoms with E-state index in [0.717, 1.165) is 21.1 Å². The summed E-state index contributed by atoms with van der Waals surface area (Å²) in [6, 6.07) is 6.36. The van der Waals surface area contributed by atoms with Crippen LogP contribution in [0.15, 0.2) is 41.9 Å². The van der Waals surface area contributed by atoms with Crippen molar-refractivity contribution in [2.45, 2.75) is 17.2 Å². The Labute approximate surface area is 144 Å². The second kappa shape index (κ2) is 6.25. The van der Waals surface area contributed by atoms with E-state index < -0.39 is 0 Å². The minimum absolute atomic E-state index is 0.0474. The number of H-pyrrole nitrogens is 1. The monoisotopic (exact) mass is 358 g/mol. The number of thioether (sulfide) groups is 1. The number of halogens is 1. The molecule has 0 saturated heterocycles. The molecular formula is C15H11FN6S2. The molecule has 9 heteroatoms. The van der Waals surface area contributed by atoms with Gasteiger partial charge in [-0.05, 0) is 19.1 Å². The number of imidazole rings is 1. The number of nitrogens with one attached hydrogen (secondary N) is 1. The highest BCUT2D eigenvalue weighted by Gasteiger charge is 2.17. The third-order valence-electron chi connectivity index (χ3n) is 3.34. The molecule has 120 valence electrons. The molecule has 0 spiro atoms. The van der Waals surface area contributed by atoms with Crippen LogP contribution in [-0.4, -0.2) is 30.1 Å². The van der Waals surface area contributed by atoms with Crippen LogP contribution in [0.5, 0.6) is 0 Å². The Morgan fingerprint density at radius 3 is 3.00 bits per heavy atom. The van der Waals surface area contributed by atoms with Gasteiger partial charge in [0.2, 0.25) is 0 Å². The summed E-state index contributed by atoms with van der Waals surface area (Å²) in [6.07, 6.45) is 3.09. The van der Waals surface area contributed by atoms with E-state index in [1.807, 2.05) is 13.0 Å². The smallest absolute Gasteiger partial charge is 0.181 e. The summed E-state index contributed by atoms with van der Waals surface area (Å²) in [6.45, 7) is 2.03. The van der Waals surface area contributed by atoms with E-state index in [-0.39, 0.29) is 11.1 Å². The maximum absolute atomic E-state index is 13.4. The predicted molar refractivity (Wildman–Crippen MR) is 91.3 cm³/mol. The molecule has 3 aromatic heterocycles. The SMILES string of the molecule is CC(Sc1ncnc2nc[nH]c12)c1nnc(-c2cccc(F)c2)s1. The van der Waals surface area contributed by atoms with Gasteiger partial charge in [0.05, 0.1) is 11.6 Å². The van der Waals surface area contributed by atoms with Gasteiger partial charge in [0.15, 0.2) is 5.65 Å². The first-order valence-electron chi connectivity index (χ1n) is 7.11. The van der Waals surface area contributed by atoms with E-state index >= 15 is 0 Å². The second-order valence-corrected chi connectivity index (χ2v) is 7.33. The molecule has 6 nitrogen and oxygen atoms in total. The fraction of sp³-hybridized carbons (Fsp3) is 0.133. The first-order chi connectivity index (χ1) is 11.7. The second-order valence-electron chi connectivity index (χ2n) is 5.00. The maximum atomic E-state index is 13.4. The summed E-state index contributed by atoms with van der Waals surface area (Å²) in [4.78, 5) is 15.6. The van der Waals surface area contributed by atoms with Crippen LogP contribution < -0.4 is 0 Å². The molecule has 0 aliphatic rings. The van der Waals surface area contributed by atoms with Gasteiger partial charge in [-0.3, -0.25) is 0 Å². The van der Waals surface area contributed by atoms with Crippen LogP contribution in [0.25, 0.3) is 21.7 Å². The van der Waals surface area contributed by atoms with Crippen LogP contribution >= 0.6 is 23.1 Å². The van der Waals surface area contributed by atoms with Crippen LogP contribution in [0.3, 0.4) is 0 Å². The molecule has 0 radical (unpaired) electrons. The minimum Gasteiger partial charge on any atom is -0.341 e. The topological polar surface area (TPSA) is 80.2 Å². The molecule has 1 N–H and O–H groups in total. The van der Waals surface area contributed by atoms with Crippen molar-refractivity contribution in [2.75, 3.05) is 0 Å². The zero-order valence-electron chi connectivity index (χ0n) is 12.5. The third-order valence-corrected chi connectivity index (χ3v) is 5.75. The van der Waals surface area contributed by atoms with Crippen molar-refractivity contribution < 1.29 is 4.39 Å². The van der Waals surface area contributed by atoms with Crippen molar-refractivity contribution in [3.05, 3.63) is 47.7 Å². The number of hydrogen-bond donors (Lipinski definition) is 1. The molecule has 0 saturated carbocycles. The molecule has 1 atom stereocenters. The van der Waals surface area contributed by atoms with Gasteiger partial charge in [-0.15, -0.1) is 10.2 Å². The molecule has 4 aromatic rings. The van der Waals surface area contributed by atoms with Gasteiger partial charge in [0.1, 0.15) is 32.7 Å². The largest absolute Gasteiger partial charge is 0.341 e. The van der Waals surface area contributed by atoms with Crippen molar-refractivity contribution in [1.82, 2.24) is 30.1 Å². The Morgan fingerprint density at radius 1 is 1.21 bits per heavy atom. The highest BCUT2D eigenvalue weighted by atomic mass is 32.2. The molecule has 0 fully saturated rings. The average Bonchev–Trinajstić information content (AvgIpc) is 3.25. The summed E-state index contributed by atoms with van der Waals surface area (Å²) in [5, 5.41) is 10.8. The van der Waals surface area contributed by atoms with Crippen LogP contribution in [0.1, 0.15) is 17.2 Å². The molecular weight excluding hydrogens is 347 g/mol. The Morgan fingerprint density at radius 2 is 2.12 bits per heavy atom. The van der Waals surface area contributed by atoms with Gasteiger partial charge in [-0.1, -0.05) is 35.2 Å². The fourth-order valence-electron chi connectivity index (χ4n) is 2.19. The molecule has 1 unspecified atom stereocenters. The highest BCUT2D eigenvalue weighted by Crippen LogP contribution is 2.38. The summed E-state index contributed by atoms with van der Waals surface area (Å²) >= 11 is 3.00. The van der Waals surface area contributed by atoms with Crippen LogP contribution in [0, 0.1) is 5.82 Å². The van der Waals surface area contributed by atoms with Crippen LogP contribution in [0.4, 0.5) is 4.39 Å². The first-order valence-corrected chi connectivity index (χ1v) is 8.80. The van der Waals surface area contributed by atoms with Gasteiger partial charge in [0, 0.05) is 5.56 Å². The number of aromatic amines is 1. The summed E-state index contributed by atoms with van der Waals surface area (Å²) in [7, 11) is 0. The number of hydrogen-bond acceptors (Lipinski definition) is 7. The number of fused-ring (bicyclic) bond motifs is 1. The summed E-state index contributed by atoms with van der Waals surface area (Å²) in [5.41, 5.74) is 2.18. The van der Waals surface area contributed by atoms with E-state index in [9.17, 15) is 4.39 Å². The van der Waals surface area contributed by atoms with E-state index in [0.29, 0.717) is 10.7 Å². The van der Waals surface area contributed by atoms with Crippen molar-refractivity contribution in [1.29, 1.82) is 0 Å². The van der Waals surface area contributed by atoms with Crippen molar-refractivity contribution >= 4 is 34.3 Å². The Bertz CT molecular complexity index is 998. The standard InChI is InChI=1S/C15H11FN6S2/c1-8(23-15-11-12(18-6-17-11)19-7-20-15)13-21-22-14(24-13)9-3-2-4-10(16)5-9/h2-8H,1H3,(H,17,18,19,20). The summed E-state index contributed by atoms with van der Waals surface area (Å²) in [5.74, 6) is -0.283. The lowest BCUT2D eigenvalue weighted by Gasteiger charge is -2.06. The quantitative estimate of drug-likeness (QED) is 0.441. The zero-order valence-corrected chi connectivity index (χ0v) is 14.1. The lowest BCUT2D eigenvalue weighted by atomic mass is 10.2. The average molecular weight is 358 g/mol. The molecule has 0 aliphatic carbocycles. The number of benzene rings is 1. The van der Waals surface area contributed by atoms with Crippen molar-refractivity contribution in [3.8, 4) is 10.6 Å². The molecule has 3 heterocycles. The number of nitrogens with zero attached hydrogens (tertiary/aromatic N) is 5. The van der Waals surface area contributed by atoms with Crippen LogP contribution in [-0.2, 0) is 0 Å². The lowest BCUT2D eigenvalue weighted by Crippen LogP contribution is -1.91. The van der Waals surface area contributed by atoms with Crippen molar-refractivity contribution in [2.24, 2.45) is 0 Å². The maximum Gasteiger partial charge on any atom is 0.181 e. The lowest BCUT2D eigenvalue weighted by molar-refractivity contribution is 0.628. The number of rotatable bonds is 4. The third kappa shape index (κ3) is 2.87. The molecule has 1 aromatic carbocycles. The minimum atomic E-state index is -0.283. The van der Waals surface area contributed by atoms with E-state index in [4.69, 9.17) is 0 Å². The van der Waals surface area contributed by atoms with Gasteiger partial charge < -0.3 is 4.98 Å². The van der Waals surface area contributed by atoms with E-state index in [1.54, 1.807) is 24.2 Å². The van der Waals surface area contributed by atoms with Gasteiger partial charge >= 0.3 is 0 Å². The zero-order chi connectivity index (χ0) is 16.5. The van der Waals surface area contributed by atoms with E-state index in [1.165, 1.54) is 29.8 Å².